The topological polar surface area (TPSA) is 12.0 Å². The summed E-state index contributed by atoms with van der Waals surface area (Å²) in [5.41, 5.74) is 0. The minimum atomic E-state index is 0.794. The van der Waals surface area contributed by atoms with Gasteiger partial charge in [0.25, 0.3) is 0 Å². The van der Waals surface area contributed by atoms with Gasteiger partial charge in [-0.1, -0.05) is 27.2 Å². The first-order valence-corrected chi connectivity index (χ1v) is 8.66. The third kappa shape index (κ3) is 3.89. The van der Waals surface area contributed by atoms with E-state index in [0.29, 0.717) is 0 Å². The van der Waals surface area contributed by atoms with Gasteiger partial charge in [0.1, 0.15) is 0 Å². The van der Waals surface area contributed by atoms with Crippen LogP contribution >= 0.6 is 11.8 Å². The Kier molecular flexibility index (Phi) is 5.23. The van der Waals surface area contributed by atoms with Crippen molar-refractivity contribution >= 4 is 11.8 Å². The van der Waals surface area contributed by atoms with Crippen LogP contribution in [0.5, 0.6) is 0 Å². The van der Waals surface area contributed by atoms with E-state index in [2.05, 4.69) is 37.8 Å². The highest BCUT2D eigenvalue weighted by molar-refractivity contribution is 7.99. The van der Waals surface area contributed by atoms with Crippen LogP contribution in [0.4, 0.5) is 0 Å². The van der Waals surface area contributed by atoms with E-state index in [1.807, 2.05) is 0 Å². The van der Waals surface area contributed by atoms with Crippen LogP contribution < -0.4 is 5.32 Å². The van der Waals surface area contributed by atoms with Crippen molar-refractivity contribution in [3.05, 3.63) is 0 Å². The maximum atomic E-state index is 4.00. The van der Waals surface area contributed by atoms with Crippen LogP contribution in [0.1, 0.15) is 52.9 Å². The molecule has 17 heavy (non-hydrogen) atoms. The molecule has 0 aromatic carbocycles. The maximum Gasteiger partial charge on any atom is 0.0161 e. The maximum absolute atomic E-state index is 4.00. The van der Waals surface area contributed by atoms with Gasteiger partial charge in [-0.05, 0) is 49.2 Å². The second-order valence-electron chi connectivity index (χ2n) is 6.51. The zero-order chi connectivity index (χ0) is 12.3. The predicted octanol–water partition coefficient (Wildman–Crippen LogP) is 3.93. The van der Waals surface area contributed by atoms with Crippen molar-refractivity contribution in [3.63, 3.8) is 0 Å². The smallest absolute Gasteiger partial charge is 0.0161 e. The lowest BCUT2D eigenvalue weighted by Gasteiger charge is -2.40. The molecule has 0 spiro atoms. The van der Waals surface area contributed by atoms with Gasteiger partial charge in [-0.3, -0.25) is 0 Å². The van der Waals surface area contributed by atoms with Gasteiger partial charge in [0.15, 0.2) is 0 Å². The van der Waals surface area contributed by atoms with Crippen molar-refractivity contribution in [2.75, 3.05) is 11.5 Å². The molecule has 2 fully saturated rings. The minimum absolute atomic E-state index is 0.794. The zero-order valence-corrected chi connectivity index (χ0v) is 12.6. The van der Waals surface area contributed by atoms with Crippen LogP contribution in [0.15, 0.2) is 0 Å². The molecule has 2 heteroatoms. The van der Waals surface area contributed by atoms with Crippen LogP contribution in [0.2, 0.25) is 0 Å². The average molecular weight is 255 g/mol. The monoisotopic (exact) mass is 255 g/mol. The Bertz CT molecular complexity index is 223. The van der Waals surface area contributed by atoms with Crippen molar-refractivity contribution in [1.82, 2.24) is 5.32 Å². The first kappa shape index (κ1) is 13.7. The second kappa shape index (κ2) is 6.47. The molecule has 1 N–H and O–H groups in total. The SMILES string of the molecule is CC1CCC(C(C)C)C(NC2CCCSC2)C1. The number of hydrogen-bond donors (Lipinski definition) is 1. The molecule has 1 heterocycles. The fourth-order valence-electron chi connectivity index (χ4n) is 3.57. The molecular formula is C15H29NS. The molecule has 1 nitrogen and oxygen atoms in total. The molecule has 4 atom stereocenters. The minimum Gasteiger partial charge on any atom is -0.310 e. The number of thioether (sulfide) groups is 1. The Morgan fingerprint density at radius 1 is 1.18 bits per heavy atom. The second-order valence-corrected chi connectivity index (χ2v) is 7.66. The molecule has 0 aromatic rings. The molecule has 0 aromatic heterocycles. The molecule has 4 unspecified atom stereocenters. The van der Waals surface area contributed by atoms with Crippen LogP contribution in [0, 0.1) is 17.8 Å². The summed E-state index contributed by atoms with van der Waals surface area (Å²) < 4.78 is 0. The van der Waals surface area contributed by atoms with Gasteiger partial charge >= 0.3 is 0 Å². The summed E-state index contributed by atoms with van der Waals surface area (Å²) in [5, 5.41) is 4.00. The van der Waals surface area contributed by atoms with E-state index in [0.717, 1.165) is 29.8 Å². The molecule has 1 aliphatic carbocycles. The molecule has 2 rings (SSSR count). The third-order valence-electron chi connectivity index (χ3n) is 4.63. The van der Waals surface area contributed by atoms with Gasteiger partial charge in [-0.25, -0.2) is 0 Å². The quantitative estimate of drug-likeness (QED) is 0.820. The van der Waals surface area contributed by atoms with Crippen molar-refractivity contribution in [3.8, 4) is 0 Å². The van der Waals surface area contributed by atoms with Gasteiger partial charge in [-0.15, -0.1) is 0 Å². The highest BCUT2D eigenvalue weighted by Crippen LogP contribution is 2.34. The Morgan fingerprint density at radius 2 is 2.00 bits per heavy atom. The van der Waals surface area contributed by atoms with Crippen molar-refractivity contribution < 1.29 is 0 Å². The Balaban J connectivity index is 1.89. The van der Waals surface area contributed by atoms with E-state index in [4.69, 9.17) is 0 Å². The first-order chi connectivity index (χ1) is 8.16. The molecule has 0 radical (unpaired) electrons. The fourth-order valence-corrected chi connectivity index (χ4v) is 4.65. The normalized spacial score (nSPS) is 39.5. The lowest BCUT2D eigenvalue weighted by Crippen LogP contribution is -2.48. The third-order valence-corrected chi connectivity index (χ3v) is 5.85. The highest BCUT2D eigenvalue weighted by atomic mass is 32.2. The van der Waals surface area contributed by atoms with Gasteiger partial charge < -0.3 is 5.32 Å². The zero-order valence-electron chi connectivity index (χ0n) is 11.7. The number of nitrogens with one attached hydrogen (secondary N) is 1. The van der Waals surface area contributed by atoms with Gasteiger partial charge in [0.05, 0.1) is 0 Å². The van der Waals surface area contributed by atoms with E-state index < -0.39 is 0 Å². The first-order valence-electron chi connectivity index (χ1n) is 7.50. The van der Waals surface area contributed by atoms with E-state index in [1.165, 1.54) is 43.6 Å². The molecule has 1 saturated carbocycles. The summed E-state index contributed by atoms with van der Waals surface area (Å²) >= 11 is 2.14. The summed E-state index contributed by atoms with van der Waals surface area (Å²) in [4.78, 5) is 0. The van der Waals surface area contributed by atoms with E-state index in [9.17, 15) is 0 Å². The number of rotatable bonds is 3. The molecule has 1 saturated heterocycles. The molecular weight excluding hydrogens is 226 g/mol. The standard InChI is InChI=1S/C15H29NS/c1-11(2)14-7-6-12(3)9-15(14)16-13-5-4-8-17-10-13/h11-16H,4-10H2,1-3H3. The summed E-state index contributed by atoms with van der Waals surface area (Å²) in [6.07, 6.45) is 7.11. The molecule has 0 bridgehead atoms. The largest absolute Gasteiger partial charge is 0.310 e. The van der Waals surface area contributed by atoms with E-state index >= 15 is 0 Å². The Hall–Kier alpha value is 0.310. The van der Waals surface area contributed by atoms with Crippen LogP contribution in [0.25, 0.3) is 0 Å². The average Bonchev–Trinajstić information content (AvgIpc) is 2.30. The number of hydrogen-bond acceptors (Lipinski definition) is 2. The summed E-state index contributed by atoms with van der Waals surface area (Å²) in [5.74, 6) is 5.41. The van der Waals surface area contributed by atoms with Gasteiger partial charge in [-0.2, -0.15) is 11.8 Å². The Labute approximate surface area is 112 Å². The van der Waals surface area contributed by atoms with Crippen LogP contribution in [-0.2, 0) is 0 Å². The van der Waals surface area contributed by atoms with Crippen molar-refractivity contribution in [2.45, 2.75) is 65.0 Å². The van der Waals surface area contributed by atoms with Gasteiger partial charge in [0.2, 0.25) is 0 Å². The van der Waals surface area contributed by atoms with E-state index in [1.54, 1.807) is 0 Å². The predicted molar refractivity (Wildman–Crippen MR) is 78.6 cm³/mol. The van der Waals surface area contributed by atoms with Crippen molar-refractivity contribution in [2.24, 2.45) is 17.8 Å². The lowest BCUT2D eigenvalue weighted by molar-refractivity contribution is 0.159. The molecule has 0 amide bonds. The molecule has 1 aliphatic heterocycles. The van der Waals surface area contributed by atoms with Gasteiger partial charge in [0, 0.05) is 17.8 Å². The summed E-state index contributed by atoms with van der Waals surface area (Å²) in [6, 6.07) is 1.59. The fraction of sp³-hybridized carbons (Fsp3) is 1.00. The Morgan fingerprint density at radius 3 is 2.65 bits per heavy atom. The van der Waals surface area contributed by atoms with Crippen LogP contribution in [0.3, 0.4) is 0 Å². The summed E-state index contributed by atoms with van der Waals surface area (Å²) in [6.45, 7) is 7.25. The lowest BCUT2D eigenvalue weighted by atomic mass is 9.74. The highest BCUT2D eigenvalue weighted by Gasteiger charge is 2.32. The van der Waals surface area contributed by atoms with E-state index in [-0.39, 0.29) is 0 Å². The molecule has 100 valence electrons. The summed E-state index contributed by atoms with van der Waals surface area (Å²) in [7, 11) is 0. The van der Waals surface area contributed by atoms with Crippen molar-refractivity contribution in [1.29, 1.82) is 0 Å². The van der Waals surface area contributed by atoms with Crippen LogP contribution in [-0.4, -0.2) is 23.6 Å². The molecule has 2 aliphatic rings.